The van der Waals surface area contributed by atoms with E-state index in [0.29, 0.717) is 0 Å². The highest BCUT2D eigenvalue weighted by Gasteiger charge is 2.28. The number of rotatable bonds is 8. The van der Waals surface area contributed by atoms with Gasteiger partial charge in [0, 0.05) is 18.2 Å². The van der Waals surface area contributed by atoms with E-state index in [1.807, 2.05) is 0 Å². The van der Waals surface area contributed by atoms with E-state index in [0.717, 1.165) is 18.9 Å². The van der Waals surface area contributed by atoms with E-state index in [2.05, 4.69) is 10.0 Å². The molecule has 1 aliphatic rings. The Balaban J connectivity index is 1.55. The predicted octanol–water partition coefficient (Wildman–Crippen LogP) is 2.48. The number of benzene rings is 2. The molecular formula is C18H16ClN3O7S. The lowest BCUT2D eigenvalue weighted by Crippen LogP contribution is -2.25. The average Bonchev–Trinajstić information content (AvgIpc) is 3.51. The van der Waals surface area contributed by atoms with Gasteiger partial charge in [-0.25, -0.2) is 17.9 Å². The summed E-state index contributed by atoms with van der Waals surface area (Å²) in [6, 6.07) is 8.59. The van der Waals surface area contributed by atoms with Crippen LogP contribution < -0.4 is 10.0 Å². The van der Waals surface area contributed by atoms with Crippen LogP contribution in [-0.4, -0.2) is 37.9 Å². The smallest absolute Gasteiger partial charge is 0.338 e. The molecule has 0 spiro atoms. The second-order valence-electron chi connectivity index (χ2n) is 6.47. The molecule has 0 aliphatic heterocycles. The largest absolute Gasteiger partial charge is 0.452 e. The van der Waals surface area contributed by atoms with E-state index in [4.69, 9.17) is 16.3 Å². The summed E-state index contributed by atoms with van der Waals surface area (Å²) < 4.78 is 31.6. The number of non-ortho nitro benzene ring substituents is 1. The monoisotopic (exact) mass is 453 g/mol. The summed E-state index contributed by atoms with van der Waals surface area (Å²) in [6.07, 6.45) is 1.60. The van der Waals surface area contributed by atoms with E-state index >= 15 is 0 Å². The van der Waals surface area contributed by atoms with Crippen molar-refractivity contribution >= 4 is 44.9 Å². The first-order chi connectivity index (χ1) is 14.2. The molecule has 30 heavy (non-hydrogen) atoms. The first kappa shape index (κ1) is 21.7. The lowest BCUT2D eigenvalue weighted by Gasteiger charge is -2.09. The Morgan fingerprint density at radius 3 is 2.40 bits per heavy atom. The van der Waals surface area contributed by atoms with Crippen LogP contribution in [0.15, 0.2) is 47.4 Å². The molecule has 1 fully saturated rings. The summed E-state index contributed by atoms with van der Waals surface area (Å²) in [5.74, 6) is -1.52. The van der Waals surface area contributed by atoms with Crippen LogP contribution in [0.4, 0.5) is 11.4 Å². The SMILES string of the molecule is O=C(COC(=O)c1ccc(S(=O)(=O)NC2CC2)cc1)Nc1ccc([N+](=O)[O-])cc1Cl. The normalized spacial score (nSPS) is 13.5. The van der Waals surface area contributed by atoms with Crippen molar-refractivity contribution in [3.63, 3.8) is 0 Å². The molecule has 2 aromatic rings. The fourth-order valence-corrected chi connectivity index (χ4v) is 3.91. The number of esters is 1. The number of sulfonamides is 1. The van der Waals surface area contributed by atoms with Crippen LogP contribution >= 0.6 is 11.6 Å². The number of nitrogens with zero attached hydrogens (tertiary/aromatic N) is 1. The minimum absolute atomic E-state index is 0.0245. The second kappa shape index (κ2) is 8.78. The van der Waals surface area contributed by atoms with Crippen LogP contribution in [0.3, 0.4) is 0 Å². The van der Waals surface area contributed by atoms with Crippen molar-refractivity contribution in [1.29, 1.82) is 0 Å². The number of halogens is 1. The van der Waals surface area contributed by atoms with Crippen LogP contribution in [0.1, 0.15) is 23.2 Å². The molecule has 158 valence electrons. The maximum atomic E-state index is 12.1. The Kier molecular flexibility index (Phi) is 6.34. The van der Waals surface area contributed by atoms with Crippen molar-refractivity contribution in [1.82, 2.24) is 4.72 Å². The van der Waals surface area contributed by atoms with Gasteiger partial charge in [-0.1, -0.05) is 11.6 Å². The second-order valence-corrected chi connectivity index (χ2v) is 8.59. The van der Waals surface area contributed by atoms with Crippen molar-refractivity contribution in [2.75, 3.05) is 11.9 Å². The van der Waals surface area contributed by atoms with E-state index < -0.39 is 33.4 Å². The van der Waals surface area contributed by atoms with Gasteiger partial charge >= 0.3 is 5.97 Å². The highest BCUT2D eigenvalue weighted by Crippen LogP contribution is 2.26. The summed E-state index contributed by atoms with van der Waals surface area (Å²) >= 11 is 5.88. The highest BCUT2D eigenvalue weighted by atomic mass is 35.5. The van der Waals surface area contributed by atoms with E-state index in [-0.39, 0.29) is 32.9 Å². The van der Waals surface area contributed by atoms with Crippen LogP contribution in [0.2, 0.25) is 5.02 Å². The average molecular weight is 454 g/mol. The summed E-state index contributed by atoms with van der Waals surface area (Å²) in [7, 11) is -3.63. The van der Waals surface area contributed by atoms with E-state index in [9.17, 15) is 28.1 Å². The Hall–Kier alpha value is -3.02. The zero-order valence-electron chi connectivity index (χ0n) is 15.3. The van der Waals surface area contributed by atoms with Gasteiger partial charge in [0.25, 0.3) is 11.6 Å². The van der Waals surface area contributed by atoms with Gasteiger partial charge in [0.2, 0.25) is 10.0 Å². The zero-order chi connectivity index (χ0) is 21.9. The number of amides is 1. The third-order valence-electron chi connectivity index (χ3n) is 4.07. The molecule has 12 heteroatoms. The number of carbonyl (C=O) groups excluding carboxylic acids is 2. The third kappa shape index (κ3) is 5.53. The van der Waals surface area contributed by atoms with Gasteiger partial charge in [-0.3, -0.25) is 14.9 Å². The molecule has 0 heterocycles. The topological polar surface area (TPSA) is 145 Å². The molecule has 1 saturated carbocycles. The van der Waals surface area contributed by atoms with Gasteiger partial charge in [0.1, 0.15) is 0 Å². The van der Waals surface area contributed by atoms with E-state index in [1.54, 1.807) is 0 Å². The quantitative estimate of drug-likeness (QED) is 0.354. The third-order valence-corrected chi connectivity index (χ3v) is 5.92. The van der Waals surface area contributed by atoms with Crippen molar-refractivity contribution in [2.24, 2.45) is 0 Å². The van der Waals surface area contributed by atoms with Crippen molar-refractivity contribution in [3.8, 4) is 0 Å². The summed E-state index contributed by atoms with van der Waals surface area (Å²) in [6.45, 7) is -0.630. The molecule has 2 aromatic carbocycles. The molecule has 10 nitrogen and oxygen atoms in total. The number of carbonyl (C=O) groups is 2. The number of anilines is 1. The minimum atomic E-state index is -3.63. The fraction of sp³-hybridized carbons (Fsp3) is 0.222. The number of nitro benzene ring substituents is 1. The molecule has 0 radical (unpaired) electrons. The first-order valence-corrected chi connectivity index (χ1v) is 10.5. The predicted molar refractivity (Wildman–Crippen MR) is 107 cm³/mol. The molecule has 1 amide bonds. The molecule has 1 aliphatic carbocycles. The van der Waals surface area contributed by atoms with Crippen LogP contribution in [-0.2, 0) is 19.6 Å². The maximum absolute atomic E-state index is 12.1. The number of nitrogens with one attached hydrogen (secondary N) is 2. The lowest BCUT2D eigenvalue weighted by molar-refractivity contribution is -0.384. The van der Waals surface area contributed by atoms with Crippen LogP contribution in [0, 0.1) is 10.1 Å². The van der Waals surface area contributed by atoms with Crippen molar-refractivity contribution in [3.05, 3.63) is 63.2 Å². The lowest BCUT2D eigenvalue weighted by atomic mass is 10.2. The number of nitro groups is 1. The molecule has 0 aromatic heterocycles. The zero-order valence-corrected chi connectivity index (χ0v) is 16.9. The molecule has 2 N–H and O–H groups in total. The Morgan fingerprint density at radius 1 is 1.17 bits per heavy atom. The fourth-order valence-electron chi connectivity index (χ4n) is 2.38. The number of hydrogen-bond acceptors (Lipinski definition) is 7. The molecule has 0 atom stereocenters. The molecule has 0 unspecified atom stereocenters. The maximum Gasteiger partial charge on any atom is 0.338 e. The van der Waals surface area contributed by atoms with Gasteiger partial charge < -0.3 is 10.1 Å². The van der Waals surface area contributed by atoms with E-state index in [1.165, 1.54) is 36.4 Å². The Morgan fingerprint density at radius 2 is 1.83 bits per heavy atom. The molecule has 0 bridgehead atoms. The minimum Gasteiger partial charge on any atom is -0.452 e. The Bertz CT molecular complexity index is 1100. The summed E-state index contributed by atoms with van der Waals surface area (Å²) in [5, 5.41) is 13.0. The molecule has 0 saturated heterocycles. The Labute approximate surface area is 176 Å². The van der Waals surface area contributed by atoms with Gasteiger partial charge in [-0.05, 0) is 43.2 Å². The molecular weight excluding hydrogens is 438 g/mol. The summed E-state index contributed by atoms with van der Waals surface area (Å²) in [4.78, 5) is 34.1. The summed E-state index contributed by atoms with van der Waals surface area (Å²) in [5.41, 5.74) is -0.0372. The van der Waals surface area contributed by atoms with Crippen molar-refractivity contribution in [2.45, 2.75) is 23.8 Å². The highest BCUT2D eigenvalue weighted by molar-refractivity contribution is 7.89. The first-order valence-electron chi connectivity index (χ1n) is 8.69. The van der Waals surface area contributed by atoms with Crippen LogP contribution in [0.25, 0.3) is 0 Å². The number of ether oxygens (including phenoxy) is 1. The van der Waals surface area contributed by atoms with Crippen LogP contribution in [0.5, 0.6) is 0 Å². The number of hydrogen-bond donors (Lipinski definition) is 2. The van der Waals surface area contributed by atoms with Gasteiger partial charge in [0.05, 0.1) is 26.1 Å². The molecule has 3 rings (SSSR count). The standard InChI is InChI=1S/C18H16ClN3O7S/c19-15-9-13(22(25)26)5-8-16(15)20-17(23)10-29-18(24)11-1-6-14(7-2-11)30(27,28)21-12-3-4-12/h1-2,5-9,12,21H,3-4,10H2,(H,20,23). The van der Waals surface area contributed by atoms with Gasteiger partial charge in [-0.15, -0.1) is 0 Å². The van der Waals surface area contributed by atoms with Crippen molar-refractivity contribution < 1.29 is 27.7 Å². The van der Waals surface area contributed by atoms with Gasteiger partial charge in [0.15, 0.2) is 6.61 Å². The van der Waals surface area contributed by atoms with Gasteiger partial charge in [-0.2, -0.15) is 0 Å².